The molecule has 0 aliphatic carbocycles. The van der Waals surface area contributed by atoms with Crippen molar-refractivity contribution < 1.29 is 17.9 Å². The van der Waals surface area contributed by atoms with Crippen molar-refractivity contribution in [2.45, 2.75) is 20.4 Å². The first-order valence-electron chi connectivity index (χ1n) is 9.77. The smallest absolute Gasteiger partial charge is 0.255 e. The number of nitrogens with one attached hydrogen (secondary N) is 1. The lowest BCUT2D eigenvalue weighted by Gasteiger charge is -2.23. The third-order valence-corrected chi connectivity index (χ3v) is 6.22. The highest BCUT2D eigenvalue weighted by Crippen LogP contribution is 2.25. The fourth-order valence-electron chi connectivity index (χ4n) is 3.15. The van der Waals surface area contributed by atoms with Gasteiger partial charge in [0.1, 0.15) is 5.75 Å². The Kier molecular flexibility index (Phi) is 6.65. The molecule has 162 valence electrons. The van der Waals surface area contributed by atoms with Gasteiger partial charge in [-0.2, -0.15) is 0 Å². The zero-order valence-corrected chi connectivity index (χ0v) is 18.9. The van der Waals surface area contributed by atoms with Crippen LogP contribution in [0, 0.1) is 13.8 Å². The summed E-state index contributed by atoms with van der Waals surface area (Å²) in [7, 11) is -1.94. The summed E-state index contributed by atoms with van der Waals surface area (Å²) in [5, 5.41) is 2.83. The van der Waals surface area contributed by atoms with E-state index in [2.05, 4.69) is 5.32 Å². The first-order valence-corrected chi connectivity index (χ1v) is 11.6. The fourth-order valence-corrected chi connectivity index (χ4v) is 4.03. The van der Waals surface area contributed by atoms with E-state index in [4.69, 9.17) is 4.74 Å². The molecule has 0 aromatic heterocycles. The third-order valence-electron chi connectivity index (χ3n) is 5.08. The molecule has 0 fully saturated rings. The van der Waals surface area contributed by atoms with Crippen LogP contribution >= 0.6 is 0 Å². The van der Waals surface area contributed by atoms with Gasteiger partial charge in [-0.25, -0.2) is 8.42 Å². The van der Waals surface area contributed by atoms with Gasteiger partial charge in [-0.05, 0) is 66.9 Å². The quantitative estimate of drug-likeness (QED) is 0.588. The normalized spacial score (nSPS) is 11.1. The lowest BCUT2D eigenvalue weighted by molar-refractivity contribution is 0.102. The predicted octanol–water partition coefficient (Wildman–Crippen LogP) is 4.53. The number of methoxy groups -OCH3 is 1. The van der Waals surface area contributed by atoms with Crippen LogP contribution in [0.2, 0.25) is 0 Å². The minimum atomic E-state index is -3.48. The number of amides is 1. The second kappa shape index (κ2) is 9.22. The molecule has 3 rings (SSSR count). The minimum absolute atomic E-state index is 0.176. The molecule has 0 aliphatic rings. The van der Waals surface area contributed by atoms with Gasteiger partial charge in [-0.1, -0.05) is 30.3 Å². The van der Waals surface area contributed by atoms with E-state index in [1.165, 1.54) is 10.6 Å². The van der Waals surface area contributed by atoms with E-state index in [0.29, 0.717) is 22.7 Å². The molecular weight excluding hydrogens is 412 g/mol. The summed E-state index contributed by atoms with van der Waals surface area (Å²) in [6.45, 7) is 4.11. The average molecular weight is 439 g/mol. The molecule has 0 saturated heterocycles. The summed E-state index contributed by atoms with van der Waals surface area (Å²) >= 11 is 0. The summed E-state index contributed by atoms with van der Waals surface area (Å²) in [5.41, 5.74) is 4.56. The van der Waals surface area contributed by atoms with Crippen LogP contribution in [0.3, 0.4) is 0 Å². The number of sulfonamides is 1. The molecular formula is C24H26N2O4S. The van der Waals surface area contributed by atoms with Gasteiger partial charge in [0.05, 0.1) is 31.3 Å². The Morgan fingerprint density at radius 3 is 2.26 bits per heavy atom. The third kappa shape index (κ3) is 5.44. The van der Waals surface area contributed by atoms with Crippen LogP contribution in [0.15, 0.2) is 66.7 Å². The summed E-state index contributed by atoms with van der Waals surface area (Å²) < 4.78 is 31.5. The monoisotopic (exact) mass is 438 g/mol. The van der Waals surface area contributed by atoms with Crippen LogP contribution in [0.5, 0.6) is 5.75 Å². The van der Waals surface area contributed by atoms with Crippen LogP contribution in [0.25, 0.3) is 0 Å². The van der Waals surface area contributed by atoms with E-state index in [-0.39, 0.29) is 12.5 Å². The Hall–Kier alpha value is -3.32. The maximum atomic E-state index is 12.6. The van der Waals surface area contributed by atoms with Crippen LogP contribution in [0.1, 0.15) is 27.0 Å². The van der Waals surface area contributed by atoms with Crippen molar-refractivity contribution in [3.05, 3.63) is 89.0 Å². The molecule has 1 N–H and O–H groups in total. The Morgan fingerprint density at radius 2 is 1.65 bits per heavy atom. The van der Waals surface area contributed by atoms with Crippen molar-refractivity contribution in [3.63, 3.8) is 0 Å². The number of ether oxygens (including phenoxy) is 1. The van der Waals surface area contributed by atoms with Gasteiger partial charge in [0.25, 0.3) is 5.91 Å². The number of rotatable bonds is 7. The maximum absolute atomic E-state index is 12.6. The predicted molar refractivity (Wildman–Crippen MR) is 124 cm³/mol. The summed E-state index contributed by atoms with van der Waals surface area (Å²) in [6, 6.07) is 19.6. The Labute approximate surface area is 183 Å². The molecule has 0 unspecified atom stereocenters. The summed E-state index contributed by atoms with van der Waals surface area (Å²) in [6.07, 6.45) is 1.19. The first-order chi connectivity index (χ1) is 14.7. The fraction of sp³-hybridized carbons (Fsp3) is 0.208. The Balaban J connectivity index is 1.79. The largest absolute Gasteiger partial charge is 0.495 e. The van der Waals surface area contributed by atoms with Gasteiger partial charge >= 0.3 is 0 Å². The van der Waals surface area contributed by atoms with Gasteiger partial charge in [-0.3, -0.25) is 9.10 Å². The Bertz CT molecular complexity index is 1190. The first kappa shape index (κ1) is 22.4. The zero-order chi connectivity index (χ0) is 22.6. The number of benzene rings is 3. The molecule has 0 spiro atoms. The molecule has 6 nitrogen and oxygen atoms in total. The van der Waals surface area contributed by atoms with Crippen molar-refractivity contribution in [1.82, 2.24) is 0 Å². The maximum Gasteiger partial charge on any atom is 0.255 e. The number of anilines is 2. The Morgan fingerprint density at radius 1 is 0.968 bits per heavy atom. The van der Waals surface area contributed by atoms with E-state index in [1.54, 1.807) is 49.6 Å². The molecule has 0 heterocycles. The average Bonchev–Trinajstić information content (AvgIpc) is 2.74. The highest BCUT2D eigenvalue weighted by atomic mass is 32.2. The van der Waals surface area contributed by atoms with Gasteiger partial charge in [0.2, 0.25) is 10.0 Å². The molecule has 31 heavy (non-hydrogen) atoms. The van der Waals surface area contributed by atoms with Crippen molar-refractivity contribution in [2.24, 2.45) is 0 Å². The number of para-hydroxylation sites is 2. The standard InChI is InChI=1S/C24H26N2O4S/c1-17-9-14-21(15-18(17)2)26(31(4,28)29)16-19-10-12-20(13-11-19)24(27)25-22-7-5-6-8-23(22)30-3/h5-15H,16H2,1-4H3,(H,25,27). The second-order valence-corrected chi connectivity index (χ2v) is 9.30. The second-order valence-electron chi connectivity index (χ2n) is 7.39. The van der Waals surface area contributed by atoms with E-state index >= 15 is 0 Å². The van der Waals surface area contributed by atoms with Crippen LogP contribution in [0.4, 0.5) is 11.4 Å². The molecule has 7 heteroatoms. The van der Waals surface area contributed by atoms with Gasteiger partial charge < -0.3 is 10.1 Å². The molecule has 0 saturated carbocycles. The van der Waals surface area contributed by atoms with Gasteiger partial charge in [0, 0.05) is 5.56 Å². The van der Waals surface area contributed by atoms with E-state index in [1.807, 2.05) is 38.1 Å². The van der Waals surface area contributed by atoms with E-state index in [9.17, 15) is 13.2 Å². The minimum Gasteiger partial charge on any atom is -0.495 e. The number of carbonyl (C=O) groups is 1. The molecule has 0 radical (unpaired) electrons. The lowest BCUT2D eigenvalue weighted by Crippen LogP contribution is -2.29. The van der Waals surface area contributed by atoms with Crippen molar-refractivity contribution in [2.75, 3.05) is 23.0 Å². The number of nitrogens with zero attached hydrogens (tertiary/aromatic N) is 1. The molecule has 3 aromatic carbocycles. The van der Waals surface area contributed by atoms with Crippen molar-refractivity contribution in [3.8, 4) is 5.75 Å². The van der Waals surface area contributed by atoms with Crippen LogP contribution in [-0.4, -0.2) is 27.7 Å². The summed E-state index contributed by atoms with van der Waals surface area (Å²) in [4.78, 5) is 12.6. The van der Waals surface area contributed by atoms with E-state index in [0.717, 1.165) is 16.7 Å². The number of aryl methyl sites for hydroxylation is 2. The van der Waals surface area contributed by atoms with Crippen molar-refractivity contribution >= 4 is 27.3 Å². The van der Waals surface area contributed by atoms with Gasteiger partial charge in [0.15, 0.2) is 0 Å². The van der Waals surface area contributed by atoms with Crippen LogP contribution < -0.4 is 14.4 Å². The highest BCUT2D eigenvalue weighted by Gasteiger charge is 2.19. The molecule has 0 aliphatic heterocycles. The SMILES string of the molecule is COc1ccccc1NC(=O)c1ccc(CN(c2ccc(C)c(C)c2)S(C)(=O)=O)cc1. The number of hydrogen-bond acceptors (Lipinski definition) is 4. The number of carbonyl (C=O) groups excluding carboxylic acids is 1. The molecule has 1 amide bonds. The highest BCUT2D eigenvalue weighted by molar-refractivity contribution is 7.92. The van der Waals surface area contributed by atoms with E-state index < -0.39 is 10.0 Å². The lowest BCUT2D eigenvalue weighted by atomic mass is 10.1. The zero-order valence-electron chi connectivity index (χ0n) is 18.0. The van der Waals surface area contributed by atoms with Gasteiger partial charge in [-0.15, -0.1) is 0 Å². The van der Waals surface area contributed by atoms with Crippen LogP contribution in [-0.2, 0) is 16.6 Å². The number of hydrogen-bond donors (Lipinski definition) is 1. The molecule has 3 aromatic rings. The summed E-state index contributed by atoms with van der Waals surface area (Å²) in [5.74, 6) is 0.301. The molecule has 0 bridgehead atoms. The topological polar surface area (TPSA) is 75.7 Å². The van der Waals surface area contributed by atoms with Crippen molar-refractivity contribution in [1.29, 1.82) is 0 Å². The molecule has 0 atom stereocenters.